The van der Waals surface area contributed by atoms with E-state index in [2.05, 4.69) is 65.4 Å². The molecule has 0 aliphatic rings. The predicted octanol–water partition coefficient (Wildman–Crippen LogP) is 3.98. The van der Waals surface area contributed by atoms with E-state index in [0.717, 1.165) is 17.5 Å². The molecule has 0 saturated carbocycles. The number of benzene rings is 2. The lowest BCUT2D eigenvalue weighted by Crippen LogP contribution is -2.38. The molecule has 2 rings (SSSR count). The van der Waals surface area contributed by atoms with E-state index in [0.29, 0.717) is 18.4 Å². The smallest absolute Gasteiger partial charge is 0.215 e. The van der Waals surface area contributed by atoms with E-state index in [1.807, 2.05) is 24.3 Å². The zero-order valence-electron chi connectivity index (χ0n) is 19.0. The van der Waals surface area contributed by atoms with Crippen molar-refractivity contribution in [3.8, 4) is 0 Å². The molecular formula is C23H35IN4O2S. The van der Waals surface area contributed by atoms with E-state index in [9.17, 15) is 8.42 Å². The number of aliphatic imine (C=N–C) groups is 1. The summed E-state index contributed by atoms with van der Waals surface area (Å²) >= 11 is 0. The van der Waals surface area contributed by atoms with Gasteiger partial charge in [0.25, 0.3) is 0 Å². The highest BCUT2D eigenvalue weighted by atomic mass is 127. The summed E-state index contributed by atoms with van der Waals surface area (Å²) in [7, 11) is -0.122. The molecule has 0 aromatic heterocycles. The number of nitrogens with zero attached hydrogens (tertiary/aromatic N) is 1. The van der Waals surface area contributed by atoms with Crippen LogP contribution in [0.25, 0.3) is 0 Å². The van der Waals surface area contributed by atoms with E-state index in [-0.39, 0.29) is 35.8 Å². The normalized spacial score (nSPS) is 12.9. The van der Waals surface area contributed by atoms with Gasteiger partial charge in [0.05, 0.1) is 11.8 Å². The number of guanidine groups is 1. The Labute approximate surface area is 204 Å². The van der Waals surface area contributed by atoms with Gasteiger partial charge in [0.2, 0.25) is 10.0 Å². The summed E-state index contributed by atoms with van der Waals surface area (Å²) in [4.78, 5) is 4.31. The van der Waals surface area contributed by atoms with Gasteiger partial charge in [-0.25, -0.2) is 13.1 Å². The van der Waals surface area contributed by atoms with Crippen molar-refractivity contribution in [2.24, 2.45) is 10.9 Å². The fourth-order valence-corrected chi connectivity index (χ4v) is 3.97. The molecule has 1 atom stereocenters. The van der Waals surface area contributed by atoms with E-state index < -0.39 is 10.0 Å². The minimum atomic E-state index is -3.29. The number of hydrogen-bond acceptors (Lipinski definition) is 3. The average Bonchev–Trinajstić information content (AvgIpc) is 2.71. The Morgan fingerprint density at radius 3 is 2.23 bits per heavy atom. The van der Waals surface area contributed by atoms with E-state index in [1.165, 1.54) is 18.2 Å². The Morgan fingerprint density at radius 2 is 1.65 bits per heavy atom. The maximum atomic E-state index is 11.8. The number of halogens is 1. The van der Waals surface area contributed by atoms with Crippen LogP contribution < -0.4 is 15.4 Å². The van der Waals surface area contributed by atoms with Crippen molar-refractivity contribution in [1.29, 1.82) is 0 Å². The molecule has 0 amide bonds. The van der Waals surface area contributed by atoms with Crippen molar-refractivity contribution < 1.29 is 8.42 Å². The average molecular weight is 559 g/mol. The topological polar surface area (TPSA) is 82.6 Å². The third-order valence-electron chi connectivity index (χ3n) is 4.82. The minimum absolute atomic E-state index is 0. The van der Waals surface area contributed by atoms with Gasteiger partial charge in [-0.05, 0) is 48.6 Å². The first kappa shape index (κ1) is 27.4. The Balaban J connectivity index is 0.00000480. The van der Waals surface area contributed by atoms with E-state index in [1.54, 1.807) is 7.05 Å². The van der Waals surface area contributed by atoms with Gasteiger partial charge in [-0.15, -0.1) is 24.0 Å². The van der Waals surface area contributed by atoms with Crippen LogP contribution in [0.3, 0.4) is 0 Å². The van der Waals surface area contributed by atoms with Gasteiger partial charge >= 0.3 is 0 Å². The fraction of sp³-hybridized carbons (Fsp3) is 0.435. The third-order valence-corrected chi connectivity index (χ3v) is 6.15. The Kier molecular flexibility index (Phi) is 11.5. The van der Waals surface area contributed by atoms with Crippen LogP contribution in [0.4, 0.5) is 0 Å². The van der Waals surface area contributed by atoms with Crippen LogP contribution in [0.15, 0.2) is 53.5 Å². The largest absolute Gasteiger partial charge is 0.352 e. The lowest BCUT2D eigenvalue weighted by molar-refractivity contribution is 0.587. The first-order valence-electron chi connectivity index (χ1n) is 10.3. The van der Waals surface area contributed by atoms with Crippen LogP contribution in [0.1, 0.15) is 49.1 Å². The number of nitrogens with one attached hydrogen (secondary N) is 3. The summed E-state index contributed by atoms with van der Waals surface area (Å²) in [6, 6.07) is 16.4. The summed E-state index contributed by atoms with van der Waals surface area (Å²) in [6.45, 7) is 7.10. The van der Waals surface area contributed by atoms with Gasteiger partial charge in [0, 0.05) is 13.6 Å². The van der Waals surface area contributed by atoms with Gasteiger partial charge < -0.3 is 10.6 Å². The molecule has 0 radical (unpaired) electrons. The fourth-order valence-electron chi connectivity index (χ4n) is 3.20. The summed E-state index contributed by atoms with van der Waals surface area (Å²) < 4.78 is 25.9. The number of rotatable bonds is 9. The van der Waals surface area contributed by atoms with E-state index in [4.69, 9.17) is 0 Å². The molecule has 0 aliphatic carbocycles. The molecule has 1 unspecified atom stereocenters. The molecule has 2 aromatic carbocycles. The summed E-state index contributed by atoms with van der Waals surface area (Å²) in [5, 5.41) is 6.71. The lowest BCUT2D eigenvalue weighted by Gasteiger charge is -2.19. The summed E-state index contributed by atoms with van der Waals surface area (Å²) in [5.74, 6) is 1.31. The van der Waals surface area contributed by atoms with Crippen LogP contribution in [0.5, 0.6) is 0 Å². The van der Waals surface area contributed by atoms with Gasteiger partial charge in [-0.2, -0.15) is 0 Å². The van der Waals surface area contributed by atoms with Crippen LogP contribution in [-0.4, -0.2) is 28.5 Å². The van der Waals surface area contributed by atoms with Gasteiger partial charge in [-0.1, -0.05) is 62.4 Å². The zero-order valence-corrected chi connectivity index (χ0v) is 22.1. The van der Waals surface area contributed by atoms with Crippen molar-refractivity contribution in [1.82, 2.24) is 15.4 Å². The highest BCUT2D eigenvalue weighted by molar-refractivity contribution is 14.0. The molecule has 0 fully saturated rings. The van der Waals surface area contributed by atoms with Crippen LogP contribution >= 0.6 is 24.0 Å². The van der Waals surface area contributed by atoms with Crippen molar-refractivity contribution in [2.75, 3.05) is 14.1 Å². The standard InChI is InChI=1S/C23H34N4O2S.HI/c1-17(2)13-19-9-11-22(12-10-19)18(3)27-23(24-4)26-15-20-7-6-8-21(14-20)16-30(28,29)25-5;/h6-12,14,17-18,25H,13,15-16H2,1-5H3,(H2,24,26,27);1H. The predicted molar refractivity (Wildman–Crippen MR) is 140 cm³/mol. The van der Waals surface area contributed by atoms with Gasteiger partial charge in [0.15, 0.2) is 5.96 Å². The molecule has 3 N–H and O–H groups in total. The molecule has 172 valence electrons. The lowest BCUT2D eigenvalue weighted by atomic mass is 10.00. The molecule has 31 heavy (non-hydrogen) atoms. The minimum Gasteiger partial charge on any atom is -0.352 e. The SMILES string of the molecule is CN=C(NCc1cccc(CS(=O)(=O)NC)c1)NC(C)c1ccc(CC(C)C)cc1.I. The molecule has 6 nitrogen and oxygen atoms in total. The monoisotopic (exact) mass is 558 g/mol. The third kappa shape index (κ3) is 9.57. The second-order valence-electron chi connectivity index (χ2n) is 7.91. The van der Waals surface area contributed by atoms with Gasteiger partial charge in [0.1, 0.15) is 0 Å². The molecule has 0 heterocycles. The molecule has 0 saturated heterocycles. The summed E-state index contributed by atoms with van der Waals surface area (Å²) in [5.41, 5.74) is 4.29. The molecule has 0 bridgehead atoms. The van der Waals surface area contributed by atoms with Crippen molar-refractivity contribution in [3.05, 3.63) is 70.8 Å². The first-order chi connectivity index (χ1) is 14.2. The number of hydrogen-bond donors (Lipinski definition) is 3. The second kappa shape index (κ2) is 13.0. The Morgan fingerprint density at radius 1 is 1.00 bits per heavy atom. The molecular weight excluding hydrogens is 523 g/mol. The van der Waals surface area contributed by atoms with Crippen molar-refractivity contribution >= 4 is 40.0 Å². The highest BCUT2D eigenvalue weighted by Gasteiger charge is 2.10. The van der Waals surface area contributed by atoms with E-state index >= 15 is 0 Å². The molecule has 2 aromatic rings. The number of sulfonamides is 1. The van der Waals surface area contributed by atoms with Crippen LogP contribution in [0, 0.1) is 5.92 Å². The van der Waals surface area contributed by atoms with Crippen molar-refractivity contribution in [3.63, 3.8) is 0 Å². The van der Waals surface area contributed by atoms with Crippen molar-refractivity contribution in [2.45, 2.75) is 45.5 Å². The second-order valence-corrected chi connectivity index (χ2v) is 9.84. The Bertz CT molecular complexity index is 944. The molecule has 0 aliphatic heterocycles. The van der Waals surface area contributed by atoms with Crippen LogP contribution in [0.2, 0.25) is 0 Å². The molecule has 8 heteroatoms. The molecule has 0 spiro atoms. The van der Waals surface area contributed by atoms with Crippen LogP contribution in [-0.2, 0) is 28.7 Å². The quantitative estimate of drug-likeness (QED) is 0.247. The maximum absolute atomic E-state index is 11.8. The highest BCUT2D eigenvalue weighted by Crippen LogP contribution is 2.15. The summed E-state index contributed by atoms with van der Waals surface area (Å²) in [6.07, 6.45) is 1.08. The maximum Gasteiger partial charge on any atom is 0.215 e. The Hall–Kier alpha value is -1.65. The zero-order chi connectivity index (χ0) is 22.1. The first-order valence-corrected chi connectivity index (χ1v) is 11.9. The van der Waals surface area contributed by atoms with Gasteiger partial charge in [-0.3, -0.25) is 4.99 Å².